The second-order valence-corrected chi connectivity index (χ2v) is 9.80. The first kappa shape index (κ1) is 22.3. The molecule has 2 atom stereocenters. The maximum absolute atomic E-state index is 13.2. The number of halogens is 2. The van der Waals surface area contributed by atoms with Gasteiger partial charge in [0, 0.05) is 44.0 Å². The van der Waals surface area contributed by atoms with Gasteiger partial charge in [0.1, 0.15) is 18.4 Å². The quantitative estimate of drug-likeness (QED) is 0.659. The molecule has 0 aromatic heterocycles. The van der Waals surface area contributed by atoms with Crippen molar-refractivity contribution in [1.29, 1.82) is 0 Å². The summed E-state index contributed by atoms with van der Waals surface area (Å²) < 4.78 is 32.5. The molecule has 0 spiro atoms. The number of piperidine rings is 2. The first-order valence-electron chi connectivity index (χ1n) is 11.8. The van der Waals surface area contributed by atoms with E-state index in [0.717, 1.165) is 31.4 Å². The average Bonchev–Trinajstić information content (AvgIpc) is 3.07. The number of rotatable bonds is 6. The summed E-state index contributed by atoms with van der Waals surface area (Å²) >= 11 is 0. The highest BCUT2D eigenvalue weighted by molar-refractivity contribution is 6.05. The van der Waals surface area contributed by atoms with Crippen LogP contribution >= 0.6 is 0 Å². The van der Waals surface area contributed by atoms with Gasteiger partial charge in [-0.15, -0.1) is 0 Å². The summed E-state index contributed by atoms with van der Waals surface area (Å²) in [5, 5.41) is 2.31. The molecular weight excluding hydrogens is 432 g/mol. The highest BCUT2D eigenvalue weighted by atomic mass is 19.3. The van der Waals surface area contributed by atoms with Crippen molar-refractivity contribution in [2.24, 2.45) is 5.92 Å². The molecule has 3 heterocycles. The van der Waals surface area contributed by atoms with Gasteiger partial charge in [-0.2, -0.15) is 0 Å². The first-order valence-corrected chi connectivity index (χ1v) is 11.8. The van der Waals surface area contributed by atoms with E-state index in [1.165, 1.54) is 4.90 Å². The maximum Gasteiger partial charge on any atom is 0.255 e. The third-order valence-electron chi connectivity index (χ3n) is 7.35. The predicted octanol–water partition coefficient (Wildman–Crippen LogP) is 2.73. The summed E-state index contributed by atoms with van der Waals surface area (Å²) in [6.07, 6.45) is 3.69. The Balaban J connectivity index is 1.19. The molecule has 0 radical (unpaired) electrons. The van der Waals surface area contributed by atoms with E-state index < -0.39 is 17.9 Å². The SMILES string of the molecule is O=C1CCC(N2Cc3cc(OC[C@H]4CCCCN4CC4CC(F)(F)C4)ccc3C2=O)C(=O)N1. The Morgan fingerprint density at radius 1 is 1.12 bits per heavy atom. The zero-order valence-corrected chi connectivity index (χ0v) is 18.5. The third-order valence-corrected chi connectivity index (χ3v) is 7.35. The van der Waals surface area contributed by atoms with Gasteiger partial charge in [0.15, 0.2) is 0 Å². The zero-order valence-electron chi connectivity index (χ0n) is 18.5. The number of ether oxygens (including phenoxy) is 1. The molecule has 178 valence electrons. The Bertz CT molecular complexity index is 961. The molecular formula is C24H29F2N3O4. The van der Waals surface area contributed by atoms with Gasteiger partial charge in [0.05, 0.1) is 0 Å². The van der Waals surface area contributed by atoms with Gasteiger partial charge in [-0.3, -0.25) is 24.6 Å². The van der Waals surface area contributed by atoms with Crippen molar-refractivity contribution in [2.75, 3.05) is 19.7 Å². The summed E-state index contributed by atoms with van der Waals surface area (Å²) in [4.78, 5) is 40.3. The smallest absolute Gasteiger partial charge is 0.255 e. The van der Waals surface area contributed by atoms with Gasteiger partial charge in [-0.05, 0) is 55.5 Å². The summed E-state index contributed by atoms with van der Waals surface area (Å²) in [7, 11) is 0. The third kappa shape index (κ3) is 4.60. The van der Waals surface area contributed by atoms with Gasteiger partial charge < -0.3 is 9.64 Å². The van der Waals surface area contributed by atoms with Gasteiger partial charge in [-0.1, -0.05) is 6.42 Å². The molecule has 33 heavy (non-hydrogen) atoms. The molecule has 1 aromatic rings. The van der Waals surface area contributed by atoms with Crippen molar-refractivity contribution in [3.63, 3.8) is 0 Å². The number of hydrogen-bond acceptors (Lipinski definition) is 5. The molecule has 1 saturated carbocycles. The number of alkyl halides is 2. The molecule has 2 saturated heterocycles. The molecule has 1 aromatic carbocycles. The predicted molar refractivity (Wildman–Crippen MR) is 115 cm³/mol. The fourth-order valence-corrected chi connectivity index (χ4v) is 5.57. The molecule has 3 aliphatic heterocycles. The Hall–Kier alpha value is -2.55. The van der Waals surface area contributed by atoms with Crippen LogP contribution in [-0.4, -0.2) is 65.2 Å². The van der Waals surface area contributed by atoms with E-state index >= 15 is 0 Å². The second kappa shape index (κ2) is 8.66. The zero-order chi connectivity index (χ0) is 23.2. The van der Waals surface area contributed by atoms with Crippen LogP contribution in [0.3, 0.4) is 0 Å². The number of carbonyl (C=O) groups is 3. The summed E-state index contributed by atoms with van der Waals surface area (Å²) in [6.45, 7) is 2.40. The van der Waals surface area contributed by atoms with E-state index in [1.807, 2.05) is 6.07 Å². The number of nitrogens with zero attached hydrogens (tertiary/aromatic N) is 2. The molecule has 3 fully saturated rings. The number of fused-ring (bicyclic) bond motifs is 1. The minimum atomic E-state index is -2.49. The van der Waals surface area contributed by atoms with E-state index in [2.05, 4.69) is 10.2 Å². The summed E-state index contributed by atoms with van der Waals surface area (Å²) in [5.41, 5.74) is 1.36. The minimum Gasteiger partial charge on any atom is -0.492 e. The lowest BCUT2D eigenvalue weighted by molar-refractivity contribution is -0.136. The Kier molecular flexibility index (Phi) is 5.84. The number of likely N-dealkylation sites (tertiary alicyclic amines) is 1. The van der Waals surface area contributed by atoms with Crippen molar-refractivity contribution in [2.45, 2.75) is 69.5 Å². The van der Waals surface area contributed by atoms with Crippen LogP contribution < -0.4 is 10.1 Å². The summed E-state index contributed by atoms with van der Waals surface area (Å²) in [5.74, 6) is -2.71. The number of benzene rings is 1. The van der Waals surface area contributed by atoms with Crippen molar-refractivity contribution >= 4 is 17.7 Å². The van der Waals surface area contributed by atoms with E-state index in [0.29, 0.717) is 37.4 Å². The first-order chi connectivity index (χ1) is 15.8. The van der Waals surface area contributed by atoms with Crippen LogP contribution in [0.2, 0.25) is 0 Å². The molecule has 3 amide bonds. The van der Waals surface area contributed by atoms with Gasteiger partial charge >= 0.3 is 0 Å². The van der Waals surface area contributed by atoms with Crippen LogP contribution in [0.15, 0.2) is 18.2 Å². The number of nitrogens with one attached hydrogen (secondary N) is 1. The largest absolute Gasteiger partial charge is 0.492 e. The average molecular weight is 462 g/mol. The number of imide groups is 1. The van der Waals surface area contributed by atoms with E-state index in [4.69, 9.17) is 4.74 Å². The Morgan fingerprint density at radius 2 is 1.94 bits per heavy atom. The monoisotopic (exact) mass is 461 g/mol. The number of amides is 3. The van der Waals surface area contributed by atoms with E-state index in [9.17, 15) is 23.2 Å². The highest BCUT2D eigenvalue weighted by Gasteiger charge is 2.46. The van der Waals surface area contributed by atoms with Gasteiger partial charge in [0.2, 0.25) is 17.7 Å². The topological polar surface area (TPSA) is 79.0 Å². The van der Waals surface area contributed by atoms with Gasteiger partial charge in [-0.25, -0.2) is 8.78 Å². The molecule has 7 nitrogen and oxygen atoms in total. The van der Waals surface area contributed by atoms with Crippen LogP contribution in [0, 0.1) is 5.92 Å². The molecule has 5 rings (SSSR count). The normalized spacial score (nSPS) is 27.8. The molecule has 1 aliphatic carbocycles. The second-order valence-electron chi connectivity index (χ2n) is 9.80. The van der Waals surface area contributed by atoms with Crippen LogP contribution in [0.4, 0.5) is 8.78 Å². The lowest BCUT2D eigenvalue weighted by Gasteiger charge is -2.42. The summed E-state index contributed by atoms with van der Waals surface area (Å²) in [6, 6.07) is 4.90. The van der Waals surface area contributed by atoms with Crippen molar-refractivity contribution in [1.82, 2.24) is 15.1 Å². The standard InChI is InChI=1S/C24H29F2N3O4/c25-24(26)10-15(11-24)12-28-8-2-1-3-17(28)14-33-18-4-5-19-16(9-18)13-29(23(19)32)20-6-7-21(30)27-22(20)31/h4-5,9,15,17,20H,1-3,6-8,10-14H2,(H,27,30,31)/t17-,20?/m1/s1. The lowest BCUT2D eigenvalue weighted by Crippen LogP contribution is -2.52. The molecule has 1 N–H and O–H groups in total. The van der Waals surface area contributed by atoms with Crippen molar-refractivity contribution in [3.05, 3.63) is 29.3 Å². The number of hydrogen-bond donors (Lipinski definition) is 1. The maximum atomic E-state index is 13.2. The van der Waals surface area contributed by atoms with Crippen molar-refractivity contribution in [3.8, 4) is 5.75 Å². The number of carbonyl (C=O) groups excluding carboxylic acids is 3. The van der Waals surface area contributed by atoms with Crippen LogP contribution in [0.25, 0.3) is 0 Å². The molecule has 9 heteroatoms. The minimum absolute atomic E-state index is 0.0143. The Morgan fingerprint density at radius 3 is 2.70 bits per heavy atom. The molecule has 0 bridgehead atoms. The molecule has 4 aliphatic rings. The fraction of sp³-hybridized carbons (Fsp3) is 0.625. The lowest BCUT2D eigenvalue weighted by atomic mass is 9.80. The Labute approximate surface area is 191 Å². The van der Waals surface area contributed by atoms with Crippen molar-refractivity contribution < 1.29 is 27.9 Å². The van der Waals surface area contributed by atoms with E-state index in [-0.39, 0.29) is 43.0 Å². The van der Waals surface area contributed by atoms with Crippen LogP contribution in [0.1, 0.15) is 60.9 Å². The highest BCUT2D eigenvalue weighted by Crippen LogP contribution is 2.43. The molecule has 1 unspecified atom stereocenters. The van der Waals surface area contributed by atoms with Gasteiger partial charge in [0.25, 0.3) is 5.91 Å². The van der Waals surface area contributed by atoms with E-state index in [1.54, 1.807) is 12.1 Å². The fourth-order valence-electron chi connectivity index (χ4n) is 5.57. The van der Waals surface area contributed by atoms with Crippen LogP contribution in [0.5, 0.6) is 5.75 Å². The van der Waals surface area contributed by atoms with Crippen LogP contribution in [-0.2, 0) is 16.1 Å².